The molecule has 1 fully saturated rings. The van der Waals surface area contributed by atoms with Gasteiger partial charge in [0.1, 0.15) is 0 Å². The van der Waals surface area contributed by atoms with Gasteiger partial charge in [0.05, 0.1) is 6.10 Å². The van der Waals surface area contributed by atoms with Crippen molar-refractivity contribution in [2.45, 2.75) is 12.5 Å². The summed E-state index contributed by atoms with van der Waals surface area (Å²) >= 11 is 0. The second-order valence-electron chi connectivity index (χ2n) is 7.50. The fraction of sp³-hybridized carbons (Fsp3) is 0.333. The van der Waals surface area contributed by atoms with Crippen molar-refractivity contribution in [1.82, 2.24) is 9.80 Å². The van der Waals surface area contributed by atoms with E-state index >= 15 is 0 Å². The van der Waals surface area contributed by atoms with E-state index in [1.165, 1.54) is 16.3 Å². The summed E-state index contributed by atoms with van der Waals surface area (Å²) in [4.78, 5) is 4.92. The second kappa shape index (κ2) is 8.66. The van der Waals surface area contributed by atoms with E-state index in [-0.39, 0.29) is 0 Å². The van der Waals surface area contributed by atoms with Gasteiger partial charge in [-0.2, -0.15) is 0 Å². The van der Waals surface area contributed by atoms with Crippen LogP contribution in [0.25, 0.3) is 10.8 Å². The van der Waals surface area contributed by atoms with E-state index in [1.54, 1.807) is 0 Å². The maximum Gasteiger partial charge on any atom is 0.0917 e. The third-order valence-electron chi connectivity index (χ3n) is 5.61. The third kappa shape index (κ3) is 4.75. The lowest BCUT2D eigenvalue weighted by Crippen LogP contribution is -2.47. The first-order valence-corrected chi connectivity index (χ1v) is 9.93. The monoisotopic (exact) mass is 360 g/mol. The van der Waals surface area contributed by atoms with Crippen molar-refractivity contribution < 1.29 is 5.11 Å². The SMILES string of the molecule is OC(CN1CCN(CCc2ccccc2)CC1)c1ccc2ccccc2c1. The number of fused-ring (bicyclic) bond motifs is 1. The lowest BCUT2D eigenvalue weighted by atomic mass is 10.0. The lowest BCUT2D eigenvalue weighted by molar-refractivity contribution is 0.0730. The fourth-order valence-corrected chi connectivity index (χ4v) is 3.89. The van der Waals surface area contributed by atoms with Crippen molar-refractivity contribution in [2.24, 2.45) is 0 Å². The third-order valence-corrected chi connectivity index (χ3v) is 5.61. The molecule has 0 radical (unpaired) electrons. The van der Waals surface area contributed by atoms with Gasteiger partial charge in [0.2, 0.25) is 0 Å². The zero-order chi connectivity index (χ0) is 18.5. The molecule has 1 aliphatic rings. The number of hydrogen-bond donors (Lipinski definition) is 1. The Morgan fingerprint density at radius 3 is 2.19 bits per heavy atom. The lowest BCUT2D eigenvalue weighted by Gasteiger charge is -2.35. The van der Waals surface area contributed by atoms with Crippen molar-refractivity contribution in [3.63, 3.8) is 0 Å². The van der Waals surface area contributed by atoms with Gasteiger partial charge in [0.25, 0.3) is 0 Å². The van der Waals surface area contributed by atoms with E-state index in [1.807, 2.05) is 6.07 Å². The van der Waals surface area contributed by atoms with Crippen LogP contribution in [0.4, 0.5) is 0 Å². The Bertz CT molecular complexity index is 856. The van der Waals surface area contributed by atoms with Crippen molar-refractivity contribution in [1.29, 1.82) is 0 Å². The van der Waals surface area contributed by atoms with Crippen LogP contribution in [-0.2, 0) is 6.42 Å². The van der Waals surface area contributed by atoms with Crippen LogP contribution in [0.1, 0.15) is 17.2 Å². The zero-order valence-corrected chi connectivity index (χ0v) is 15.8. The Morgan fingerprint density at radius 2 is 1.41 bits per heavy atom. The highest BCUT2D eigenvalue weighted by Gasteiger charge is 2.20. The van der Waals surface area contributed by atoms with Crippen LogP contribution < -0.4 is 0 Å². The molecule has 1 N–H and O–H groups in total. The molecule has 1 aliphatic heterocycles. The van der Waals surface area contributed by atoms with Gasteiger partial charge in [-0.05, 0) is 34.4 Å². The summed E-state index contributed by atoms with van der Waals surface area (Å²) in [5.74, 6) is 0. The van der Waals surface area contributed by atoms with Gasteiger partial charge in [-0.25, -0.2) is 0 Å². The highest BCUT2D eigenvalue weighted by molar-refractivity contribution is 5.83. The summed E-state index contributed by atoms with van der Waals surface area (Å²) in [5, 5.41) is 13.1. The molecule has 3 heteroatoms. The molecular formula is C24H28N2O. The molecule has 1 heterocycles. The standard InChI is InChI=1S/C24H28N2O/c27-24(23-11-10-21-8-4-5-9-22(21)18-23)19-26-16-14-25(15-17-26)13-12-20-6-2-1-3-7-20/h1-11,18,24,27H,12-17,19H2. The van der Waals surface area contributed by atoms with Gasteiger partial charge in [-0.1, -0.05) is 66.7 Å². The number of piperazine rings is 1. The Kier molecular flexibility index (Phi) is 5.83. The highest BCUT2D eigenvalue weighted by atomic mass is 16.3. The van der Waals surface area contributed by atoms with Crippen LogP contribution in [0, 0.1) is 0 Å². The molecule has 3 aromatic carbocycles. The number of aliphatic hydroxyl groups excluding tert-OH is 1. The number of aliphatic hydroxyl groups is 1. The predicted molar refractivity (Wildman–Crippen MR) is 112 cm³/mol. The summed E-state index contributed by atoms with van der Waals surface area (Å²) in [6.07, 6.45) is 0.686. The Morgan fingerprint density at radius 1 is 0.741 bits per heavy atom. The topological polar surface area (TPSA) is 26.7 Å². The minimum atomic E-state index is -0.425. The Balaban J connectivity index is 1.26. The van der Waals surface area contributed by atoms with E-state index in [2.05, 4.69) is 76.5 Å². The minimum absolute atomic E-state index is 0.425. The van der Waals surface area contributed by atoms with Crippen LogP contribution in [0.5, 0.6) is 0 Å². The van der Waals surface area contributed by atoms with Crippen molar-refractivity contribution in [3.8, 4) is 0 Å². The molecule has 1 atom stereocenters. The molecule has 0 spiro atoms. The van der Waals surface area contributed by atoms with Crippen LogP contribution in [0.15, 0.2) is 72.8 Å². The summed E-state index contributed by atoms with van der Waals surface area (Å²) < 4.78 is 0. The molecule has 0 saturated carbocycles. The summed E-state index contributed by atoms with van der Waals surface area (Å²) in [5.41, 5.74) is 2.42. The summed E-state index contributed by atoms with van der Waals surface area (Å²) in [7, 11) is 0. The first kappa shape index (κ1) is 18.2. The van der Waals surface area contributed by atoms with E-state index in [4.69, 9.17) is 0 Å². The van der Waals surface area contributed by atoms with Crippen LogP contribution in [0.3, 0.4) is 0 Å². The molecular weight excluding hydrogens is 332 g/mol. The van der Waals surface area contributed by atoms with E-state index < -0.39 is 6.10 Å². The van der Waals surface area contributed by atoms with Gasteiger partial charge in [-0.15, -0.1) is 0 Å². The van der Waals surface area contributed by atoms with Gasteiger partial charge in [-0.3, -0.25) is 4.90 Å². The van der Waals surface area contributed by atoms with Crippen molar-refractivity contribution in [3.05, 3.63) is 83.9 Å². The molecule has 0 amide bonds. The maximum atomic E-state index is 10.7. The maximum absolute atomic E-state index is 10.7. The number of nitrogens with zero attached hydrogens (tertiary/aromatic N) is 2. The molecule has 3 nitrogen and oxygen atoms in total. The first-order chi connectivity index (χ1) is 13.3. The number of benzene rings is 3. The van der Waals surface area contributed by atoms with E-state index in [9.17, 15) is 5.11 Å². The highest BCUT2D eigenvalue weighted by Crippen LogP contribution is 2.21. The molecule has 0 aromatic heterocycles. The zero-order valence-electron chi connectivity index (χ0n) is 15.8. The number of rotatable bonds is 6. The Labute approximate surface area is 161 Å². The van der Waals surface area contributed by atoms with Crippen molar-refractivity contribution >= 4 is 10.8 Å². The normalized spacial score (nSPS) is 17.2. The minimum Gasteiger partial charge on any atom is -0.387 e. The van der Waals surface area contributed by atoms with Gasteiger partial charge < -0.3 is 10.0 Å². The molecule has 140 valence electrons. The quantitative estimate of drug-likeness (QED) is 0.725. The van der Waals surface area contributed by atoms with Crippen molar-refractivity contribution in [2.75, 3.05) is 39.3 Å². The fourth-order valence-electron chi connectivity index (χ4n) is 3.89. The molecule has 27 heavy (non-hydrogen) atoms. The summed E-state index contributed by atoms with van der Waals surface area (Å²) in [6.45, 7) is 6.04. The van der Waals surface area contributed by atoms with Crippen LogP contribution in [0.2, 0.25) is 0 Å². The second-order valence-corrected chi connectivity index (χ2v) is 7.50. The van der Waals surface area contributed by atoms with E-state index in [0.29, 0.717) is 6.54 Å². The molecule has 0 bridgehead atoms. The largest absolute Gasteiger partial charge is 0.387 e. The molecule has 3 aromatic rings. The van der Waals surface area contributed by atoms with Gasteiger partial charge in [0, 0.05) is 39.3 Å². The Hall–Kier alpha value is -2.20. The van der Waals surface area contributed by atoms with Gasteiger partial charge >= 0.3 is 0 Å². The smallest absolute Gasteiger partial charge is 0.0917 e. The average molecular weight is 361 g/mol. The first-order valence-electron chi connectivity index (χ1n) is 9.93. The number of β-amino-alcohol motifs (C(OH)–C–C–N with tert-alkyl or cyclic N) is 1. The van der Waals surface area contributed by atoms with E-state index in [0.717, 1.165) is 44.7 Å². The molecule has 4 rings (SSSR count). The molecule has 0 aliphatic carbocycles. The van der Waals surface area contributed by atoms with Gasteiger partial charge in [0.15, 0.2) is 0 Å². The summed E-state index contributed by atoms with van der Waals surface area (Å²) in [6, 6.07) is 25.3. The van der Waals surface area contributed by atoms with Crippen LogP contribution >= 0.6 is 0 Å². The predicted octanol–water partition coefficient (Wildman–Crippen LogP) is 3.73. The molecule has 1 saturated heterocycles. The molecule has 1 unspecified atom stereocenters. The average Bonchev–Trinajstić information content (AvgIpc) is 2.73. The number of hydrogen-bond acceptors (Lipinski definition) is 3. The van der Waals surface area contributed by atoms with Crippen LogP contribution in [-0.4, -0.2) is 54.2 Å².